The summed E-state index contributed by atoms with van der Waals surface area (Å²) in [4.78, 5) is 1.97. The molecule has 2 aromatic carbocycles. The summed E-state index contributed by atoms with van der Waals surface area (Å²) < 4.78 is 0. The summed E-state index contributed by atoms with van der Waals surface area (Å²) in [6.07, 6.45) is 0. The first-order chi connectivity index (χ1) is 16.0. The van der Waals surface area contributed by atoms with Gasteiger partial charge in [-0.3, -0.25) is 15.3 Å². The topological polar surface area (TPSA) is 101 Å². The number of benzene rings is 2. The van der Waals surface area contributed by atoms with Crippen LogP contribution in [0, 0.1) is 13.8 Å². The van der Waals surface area contributed by atoms with Crippen LogP contribution < -0.4 is 10.2 Å². The third-order valence-electron chi connectivity index (χ3n) is 5.64. The molecule has 0 aliphatic carbocycles. The van der Waals surface area contributed by atoms with E-state index in [2.05, 4.69) is 98.3 Å². The van der Waals surface area contributed by atoms with Gasteiger partial charge in [0.2, 0.25) is 0 Å². The Hall–Kier alpha value is -4.33. The molecule has 0 amide bonds. The number of hydrogen-bond donors (Lipinski definition) is 4. The second kappa shape index (κ2) is 8.66. The fourth-order valence-corrected chi connectivity index (χ4v) is 3.58. The van der Waals surface area contributed by atoms with E-state index in [-0.39, 0.29) is 0 Å². The summed E-state index contributed by atoms with van der Waals surface area (Å²) in [5.41, 5.74) is 7.50. The van der Waals surface area contributed by atoms with Crippen molar-refractivity contribution in [3.63, 3.8) is 0 Å². The molecule has 0 bridgehead atoms. The normalized spacial score (nSPS) is 11.0. The molecule has 0 aliphatic heterocycles. The zero-order valence-corrected chi connectivity index (χ0v) is 18.8. The van der Waals surface area contributed by atoms with E-state index in [0.29, 0.717) is 6.54 Å². The van der Waals surface area contributed by atoms with Crippen LogP contribution in [0.3, 0.4) is 0 Å². The SMILES string of the molecule is Cc1ccc(-c2cc(NCc3cc(N(C)c4cc(-c5ccc(C)cc5)[nH]n4)[nH]n3)n[nH]2)cc1. The number of hydrogen-bond acceptors (Lipinski definition) is 5. The molecule has 33 heavy (non-hydrogen) atoms. The number of nitrogens with one attached hydrogen (secondary N) is 4. The lowest BCUT2D eigenvalue weighted by atomic mass is 10.1. The third-order valence-corrected chi connectivity index (χ3v) is 5.64. The highest BCUT2D eigenvalue weighted by molar-refractivity contribution is 5.66. The van der Waals surface area contributed by atoms with E-state index >= 15 is 0 Å². The molecule has 166 valence electrons. The predicted molar refractivity (Wildman–Crippen MR) is 131 cm³/mol. The van der Waals surface area contributed by atoms with Gasteiger partial charge in [-0.2, -0.15) is 15.3 Å². The van der Waals surface area contributed by atoms with Crippen molar-refractivity contribution in [1.82, 2.24) is 30.6 Å². The number of nitrogens with zero attached hydrogens (tertiary/aromatic N) is 4. The van der Waals surface area contributed by atoms with Gasteiger partial charge in [0.1, 0.15) is 11.6 Å². The molecule has 5 rings (SSSR count). The number of aromatic amines is 3. The number of aromatic nitrogens is 6. The first kappa shape index (κ1) is 20.6. The minimum atomic E-state index is 0.553. The van der Waals surface area contributed by atoms with E-state index < -0.39 is 0 Å². The summed E-state index contributed by atoms with van der Waals surface area (Å²) in [5, 5.41) is 25.8. The van der Waals surface area contributed by atoms with Crippen LogP contribution in [0.5, 0.6) is 0 Å². The van der Waals surface area contributed by atoms with Gasteiger partial charge >= 0.3 is 0 Å². The van der Waals surface area contributed by atoms with E-state index in [1.54, 1.807) is 0 Å². The molecular weight excluding hydrogens is 412 g/mol. The third kappa shape index (κ3) is 4.50. The second-order valence-corrected chi connectivity index (χ2v) is 8.20. The van der Waals surface area contributed by atoms with E-state index in [4.69, 9.17) is 0 Å². The fourth-order valence-electron chi connectivity index (χ4n) is 3.58. The standard InChI is InChI=1S/C25H26N8/c1-16-4-8-18(9-5-16)21-13-23(30-28-21)26-15-20-12-24(31-27-20)33(3)25-14-22(29-32-25)19-10-6-17(2)7-11-19/h4-14H,15H2,1-3H3,(H,27,31)(H,29,32)(H2,26,28,30). The second-order valence-electron chi connectivity index (χ2n) is 8.20. The van der Waals surface area contributed by atoms with Crippen LogP contribution in [0.15, 0.2) is 66.7 Å². The maximum Gasteiger partial charge on any atom is 0.156 e. The van der Waals surface area contributed by atoms with Crippen molar-refractivity contribution in [3.05, 3.63) is 83.6 Å². The first-order valence-electron chi connectivity index (χ1n) is 10.8. The first-order valence-corrected chi connectivity index (χ1v) is 10.8. The minimum Gasteiger partial charge on any atom is -0.363 e. The lowest BCUT2D eigenvalue weighted by Gasteiger charge is -2.12. The molecule has 3 aromatic heterocycles. The molecular formula is C25H26N8. The van der Waals surface area contributed by atoms with Gasteiger partial charge in [-0.05, 0) is 25.0 Å². The Morgan fingerprint density at radius 3 is 2.00 bits per heavy atom. The van der Waals surface area contributed by atoms with Crippen LogP contribution in [0.4, 0.5) is 17.5 Å². The molecule has 0 radical (unpaired) electrons. The van der Waals surface area contributed by atoms with Crippen LogP contribution in [-0.2, 0) is 6.54 Å². The Balaban J connectivity index is 1.22. The lowest BCUT2D eigenvalue weighted by Crippen LogP contribution is -2.10. The number of rotatable bonds is 7. The van der Waals surface area contributed by atoms with Crippen LogP contribution in [0.2, 0.25) is 0 Å². The smallest absolute Gasteiger partial charge is 0.156 e. The molecule has 0 atom stereocenters. The van der Waals surface area contributed by atoms with Crippen LogP contribution in [0.25, 0.3) is 22.5 Å². The lowest BCUT2D eigenvalue weighted by molar-refractivity contribution is 0.955. The van der Waals surface area contributed by atoms with Crippen LogP contribution in [-0.4, -0.2) is 37.6 Å². The van der Waals surface area contributed by atoms with Gasteiger partial charge in [-0.1, -0.05) is 59.7 Å². The number of H-pyrrole nitrogens is 3. The van der Waals surface area contributed by atoms with Crippen molar-refractivity contribution < 1.29 is 0 Å². The summed E-state index contributed by atoms with van der Waals surface area (Å²) in [6.45, 7) is 4.71. The molecule has 0 fully saturated rings. The van der Waals surface area contributed by atoms with Gasteiger partial charge < -0.3 is 10.2 Å². The highest BCUT2D eigenvalue weighted by atomic mass is 15.3. The maximum atomic E-state index is 4.45. The fraction of sp³-hybridized carbons (Fsp3) is 0.160. The van der Waals surface area contributed by atoms with E-state index in [1.165, 1.54) is 11.1 Å². The van der Waals surface area contributed by atoms with Crippen molar-refractivity contribution in [2.24, 2.45) is 0 Å². The predicted octanol–water partition coefficient (Wildman–Crippen LogP) is 5.19. The highest BCUT2D eigenvalue weighted by Crippen LogP contribution is 2.26. The zero-order valence-electron chi connectivity index (χ0n) is 18.8. The van der Waals surface area contributed by atoms with Gasteiger partial charge in [0.25, 0.3) is 0 Å². The molecule has 0 saturated carbocycles. The Bertz CT molecular complexity index is 1340. The zero-order chi connectivity index (χ0) is 22.8. The molecule has 3 heterocycles. The van der Waals surface area contributed by atoms with E-state index in [0.717, 1.165) is 45.7 Å². The quantitative estimate of drug-likeness (QED) is 0.280. The molecule has 8 heteroatoms. The molecule has 5 aromatic rings. The van der Waals surface area contributed by atoms with Crippen molar-refractivity contribution in [2.45, 2.75) is 20.4 Å². The number of aryl methyl sites for hydroxylation is 2. The highest BCUT2D eigenvalue weighted by Gasteiger charge is 2.13. The summed E-state index contributed by atoms with van der Waals surface area (Å²) >= 11 is 0. The average molecular weight is 439 g/mol. The van der Waals surface area contributed by atoms with Crippen molar-refractivity contribution in [3.8, 4) is 22.5 Å². The van der Waals surface area contributed by atoms with Crippen molar-refractivity contribution in [2.75, 3.05) is 17.3 Å². The summed E-state index contributed by atoms with van der Waals surface area (Å²) in [7, 11) is 1.96. The molecule has 0 unspecified atom stereocenters. The Morgan fingerprint density at radius 2 is 1.33 bits per heavy atom. The molecule has 0 spiro atoms. The van der Waals surface area contributed by atoms with Gasteiger partial charge in [-0.15, -0.1) is 0 Å². The Kier molecular flexibility index (Phi) is 5.40. The molecule has 8 nitrogen and oxygen atoms in total. The van der Waals surface area contributed by atoms with E-state index in [9.17, 15) is 0 Å². The van der Waals surface area contributed by atoms with Gasteiger partial charge in [0.05, 0.1) is 23.6 Å². The van der Waals surface area contributed by atoms with Gasteiger partial charge in [-0.25, -0.2) is 0 Å². The van der Waals surface area contributed by atoms with Crippen molar-refractivity contribution >= 4 is 17.5 Å². The van der Waals surface area contributed by atoms with Crippen LogP contribution >= 0.6 is 0 Å². The molecule has 0 aliphatic rings. The van der Waals surface area contributed by atoms with Crippen LogP contribution in [0.1, 0.15) is 16.8 Å². The Morgan fingerprint density at radius 1 is 0.727 bits per heavy atom. The average Bonchev–Trinajstić information content (AvgIpc) is 3.59. The Labute approximate surface area is 192 Å². The largest absolute Gasteiger partial charge is 0.363 e. The summed E-state index contributed by atoms with van der Waals surface area (Å²) in [6, 6.07) is 22.7. The maximum absolute atomic E-state index is 4.45. The number of anilines is 3. The minimum absolute atomic E-state index is 0.553. The molecule has 0 saturated heterocycles. The van der Waals surface area contributed by atoms with E-state index in [1.807, 2.05) is 30.1 Å². The van der Waals surface area contributed by atoms with Crippen molar-refractivity contribution in [1.29, 1.82) is 0 Å². The van der Waals surface area contributed by atoms with Gasteiger partial charge in [0, 0.05) is 25.2 Å². The molecule has 4 N–H and O–H groups in total. The monoisotopic (exact) mass is 438 g/mol. The van der Waals surface area contributed by atoms with Gasteiger partial charge in [0.15, 0.2) is 5.82 Å². The summed E-state index contributed by atoms with van der Waals surface area (Å²) in [5.74, 6) is 2.44.